The van der Waals surface area contributed by atoms with Crippen molar-refractivity contribution in [2.45, 2.75) is 58.1 Å². The van der Waals surface area contributed by atoms with Gasteiger partial charge in [0.2, 0.25) is 5.91 Å². The van der Waals surface area contributed by atoms with Crippen LogP contribution in [0, 0.1) is 17.3 Å². The summed E-state index contributed by atoms with van der Waals surface area (Å²) in [5.41, 5.74) is -0.899. The quantitative estimate of drug-likeness (QED) is 0.407. The van der Waals surface area contributed by atoms with Gasteiger partial charge in [-0.1, -0.05) is 31.6 Å². The lowest BCUT2D eigenvalue weighted by molar-refractivity contribution is -0.141. The third-order valence-electron chi connectivity index (χ3n) is 7.81. The van der Waals surface area contributed by atoms with Gasteiger partial charge in [0.15, 0.2) is 0 Å². The molecule has 218 valence electrons. The number of hydrogen-bond acceptors (Lipinski definition) is 6. The summed E-state index contributed by atoms with van der Waals surface area (Å²) in [6.07, 6.45) is 6.74. The second-order valence-corrected chi connectivity index (χ2v) is 12.3. The summed E-state index contributed by atoms with van der Waals surface area (Å²) < 4.78 is 16.6. The largest absolute Gasteiger partial charge is 0.497 e. The van der Waals surface area contributed by atoms with E-state index < -0.39 is 17.1 Å². The molecule has 2 saturated heterocycles. The van der Waals surface area contributed by atoms with E-state index in [2.05, 4.69) is 18.5 Å². The number of ether oxygens (including phenoxy) is 3. The standard InChI is InChI=1S/C31H43N3O6/c1-7-13-31(19-34(20-31)29(37)40-30(3,4)5)28(36)32-25-18-33(17-22(25)15-21-9-10-21)27(35)24-12-11-23(38-6)16-26(24)39-14-8-2/h7-8,11-12,16,21-22,25H,1-2,9-10,13-15,17-20H2,3-6H3,(H,32,36)/t22-,25-/m1/s1. The van der Waals surface area contributed by atoms with Gasteiger partial charge in [-0.2, -0.15) is 0 Å². The van der Waals surface area contributed by atoms with Crippen LogP contribution in [-0.4, -0.2) is 79.2 Å². The zero-order valence-corrected chi connectivity index (χ0v) is 24.2. The summed E-state index contributed by atoms with van der Waals surface area (Å²) in [4.78, 5) is 43.3. The first-order valence-electron chi connectivity index (χ1n) is 14.1. The van der Waals surface area contributed by atoms with Gasteiger partial charge in [-0.15, -0.1) is 6.58 Å². The highest BCUT2D eigenvalue weighted by Gasteiger charge is 2.52. The average molecular weight is 554 g/mol. The van der Waals surface area contributed by atoms with Crippen molar-refractivity contribution in [1.29, 1.82) is 0 Å². The molecule has 3 fully saturated rings. The van der Waals surface area contributed by atoms with Crippen molar-refractivity contribution in [1.82, 2.24) is 15.1 Å². The molecule has 0 aromatic heterocycles. The normalized spacial score (nSPS) is 21.7. The molecule has 2 aliphatic heterocycles. The van der Waals surface area contributed by atoms with Crippen LogP contribution < -0.4 is 14.8 Å². The summed E-state index contributed by atoms with van der Waals surface area (Å²) in [6, 6.07) is 5.00. The van der Waals surface area contributed by atoms with Gasteiger partial charge in [-0.05, 0) is 57.6 Å². The van der Waals surface area contributed by atoms with Crippen LogP contribution >= 0.6 is 0 Å². The molecule has 0 bridgehead atoms. The van der Waals surface area contributed by atoms with E-state index in [1.54, 1.807) is 42.4 Å². The molecule has 1 N–H and O–H groups in total. The number of nitrogens with zero attached hydrogens (tertiary/aromatic N) is 2. The summed E-state index contributed by atoms with van der Waals surface area (Å²) in [5, 5.41) is 3.28. The third-order valence-corrected chi connectivity index (χ3v) is 7.81. The Hall–Kier alpha value is -3.49. The first-order chi connectivity index (χ1) is 19.0. The van der Waals surface area contributed by atoms with Gasteiger partial charge in [-0.25, -0.2) is 4.79 Å². The number of benzene rings is 1. The fraction of sp³-hybridized carbons (Fsp3) is 0.581. The average Bonchev–Trinajstić information content (AvgIpc) is 3.61. The van der Waals surface area contributed by atoms with Gasteiger partial charge < -0.3 is 29.3 Å². The number of amides is 3. The fourth-order valence-corrected chi connectivity index (χ4v) is 5.57. The second kappa shape index (κ2) is 11.9. The Morgan fingerprint density at radius 3 is 2.42 bits per heavy atom. The molecule has 0 spiro atoms. The van der Waals surface area contributed by atoms with Crippen LogP contribution in [0.5, 0.6) is 11.5 Å². The van der Waals surface area contributed by atoms with Crippen LogP contribution in [0.1, 0.15) is 56.8 Å². The molecule has 3 aliphatic rings. The van der Waals surface area contributed by atoms with E-state index in [1.807, 2.05) is 25.7 Å². The van der Waals surface area contributed by atoms with Gasteiger partial charge in [0.05, 0.1) is 24.1 Å². The maximum Gasteiger partial charge on any atom is 0.410 e. The number of likely N-dealkylation sites (tertiary alicyclic amines) is 2. The number of hydrogen-bond donors (Lipinski definition) is 1. The molecule has 2 atom stereocenters. The van der Waals surface area contributed by atoms with Gasteiger partial charge in [0.25, 0.3) is 5.91 Å². The highest BCUT2D eigenvalue weighted by molar-refractivity contribution is 5.97. The monoisotopic (exact) mass is 553 g/mol. The molecule has 0 unspecified atom stereocenters. The Bertz CT molecular complexity index is 1130. The van der Waals surface area contributed by atoms with Crippen molar-refractivity contribution in [2.75, 3.05) is 39.9 Å². The lowest BCUT2D eigenvalue weighted by Gasteiger charge is -2.48. The fourth-order valence-electron chi connectivity index (χ4n) is 5.57. The minimum absolute atomic E-state index is 0.105. The summed E-state index contributed by atoms with van der Waals surface area (Å²) in [5.74, 6) is 1.59. The first-order valence-corrected chi connectivity index (χ1v) is 14.1. The lowest BCUT2D eigenvalue weighted by atomic mass is 9.75. The van der Waals surface area contributed by atoms with Crippen molar-refractivity contribution < 1.29 is 28.6 Å². The van der Waals surface area contributed by atoms with Gasteiger partial charge in [-0.3, -0.25) is 9.59 Å². The van der Waals surface area contributed by atoms with Crippen LogP contribution in [-0.2, 0) is 9.53 Å². The molecule has 9 nitrogen and oxygen atoms in total. The highest BCUT2D eigenvalue weighted by atomic mass is 16.6. The van der Waals surface area contributed by atoms with E-state index in [-0.39, 0.29) is 43.5 Å². The lowest BCUT2D eigenvalue weighted by Crippen LogP contribution is -2.66. The summed E-state index contributed by atoms with van der Waals surface area (Å²) >= 11 is 0. The van der Waals surface area contributed by atoms with E-state index >= 15 is 0 Å². The Morgan fingerprint density at radius 2 is 1.82 bits per heavy atom. The van der Waals surface area contributed by atoms with Crippen molar-refractivity contribution >= 4 is 17.9 Å². The Morgan fingerprint density at radius 1 is 1.10 bits per heavy atom. The molecule has 40 heavy (non-hydrogen) atoms. The molecule has 0 radical (unpaired) electrons. The van der Waals surface area contributed by atoms with Gasteiger partial charge in [0, 0.05) is 32.2 Å². The maximum atomic E-state index is 13.7. The van der Waals surface area contributed by atoms with Gasteiger partial charge in [0.1, 0.15) is 23.7 Å². The molecule has 1 saturated carbocycles. The van der Waals surface area contributed by atoms with E-state index in [4.69, 9.17) is 14.2 Å². The van der Waals surface area contributed by atoms with Gasteiger partial charge >= 0.3 is 6.09 Å². The predicted molar refractivity (Wildman–Crippen MR) is 152 cm³/mol. The Kier molecular flexibility index (Phi) is 8.80. The molecular formula is C31H43N3O6. The van der Waals surface area contributed by atoms with Crippen LogP contribution in [0.2, 0.25) is 0 Å². The topological polar surface area (TPSA) is 97.4 Å². The molecule has 1 aromatic carbocycles. The maximum absolute atomic E-state index is 13.7. The number of methoxy groups -OCH3 is 1. The molecule has 9 heteroatoms. The molecular weight excluding hydrogens is 510 g/mol. The number of carbonyl (C=O) groups excluding carboxylic acids is 3. The minimum Gasteiger partial charge on any atom is -0.497 e. The van der Waals surface area contributed by atoms with E-state index in [9.17, 15) is 14.4 Å². The first kappa shape index (κ1) is 29.5. The van der Waals surface area contributed by atoms with Crippen molar-refractivity contribution in [3.63, 3.8) is 0 Å². The third kappa shape index (κ3) is 6.80. The van der Waals surface area contributed by atoms with Crippen molar-refractivity contribution in [3.05, 3.63) is 49.1 Å². The molecule has 2 heterocycles. The van der Waals surface area contributed by atoms with E-state index in [0.717, 1.165) is 6.42 Å². The highest BCUT2D eigenvalue weighted by Crippen LogP contribution is 2.40. The molecule has 3 amide bonds. The Balaban J connectivity index is 1.47. The molecule has 1 aromatic rings. The SMILES string of the molecule is C=CCOc1cc(OC)ccc1C(=O)N1C[C@@H](CC2CC2)[C@H](NC(=O)C2(CC=C)CN(C(=O)OC(C)(C)C)C2)C1. The zero-order valence-electron chi connectivity index (χ0n) is 24.2. The number of carbonyl (C=O) groups is 3. The molecule has 4 rings (SSSR count). The number of nitrogens with one attached hydrogen (secondary N) is 1. The molecule has 1 aliphatic carbocycles. The zero-order chi connectivity index (χ0) is 29.1. The van der Waals surface area contributed by atoms with E-state index in [0.29, 0.717) is 42.5 Å². The van der Waals surface area contributed by atoms with Crippen LogP contribution in [0.15, 0.2) is 43.5 Å². The van der Waals surface area contributed by atoms with Crippen LogP contribution in [0.4, 0.5) is 4.79 Å². The predicted octanol–water partition coefficient (Wildman–Crippen LogP) is 4.43. The van der Waals surface area contributed by atoms with Crippen LogP contribution in [0.3, 0.4) is 0 Å². The van der Waals surface area contributed by atoms with Crippen molar-refractivity contribution in [2.24, 2.45) is 17.3 Å². The number of allylic oxidation sites excluding steroid dienone is 1. The van der Waals surface area contributed by atoms with Crippen LogP contribution in [0.25, 0.3) is 0 Å². The Labute approximate surface area is 237 Å². The second-order valence-electron chi connectivity index (χ2n) is 12.3. The van der Waals surface area contributed by atoms with E-state index in [1.165, 1.54) is 12.8 Å². The minimum atomic E-state index is -0.748. The summed E-state index contributed by atoms with van der Waals surface area (Å²) in [6.45, 7) is 14.8. The smallest absolute Gasteiger partial charge is 0.410 e. The summed E-state index contributed by atoms with van der Waals surface area (Å²) in [7, 11) is 1.57. The number of rotatable bonds is 11. The van der Waals surface area contributed by atoms with Crippen molar-refractivity contribution in [3.8, 4) is 11.5 Å².